The molecule has 8 nitrogen and oxygen atoms in total. The Morgan fingerprint density at radius 1 is 1.03 bits per heavy atom. The van der Waals surface area contributed by atoms with E-state index in [2.05, 4.69) is 15.1 Å². The first-order valence-electron chi connectivity index (χ1n) is 12.4. The molecule has 0 atom stereocenters. The fraction of sp³-hybridized carbons (Fsp3) is 0.407. The van der Waals surface area contributed by atoms with Crippen LogP contribution in [0.2, 0.25) is 0 Å². The molecule has 1 aliphatic heterocycles. The van der Waals surface area contributed by atoms with E-state index in [9.17, 15) is 9.59 Å². The summed E-state index contributed by atoms with van der Waals surface area (Å²) < 4.78 is 5.22. The lowest BCUT2D eigenvalue weighted by molar-refractivity contribution is -0.131. The van der Waals surface area contributed by atoms with Crippen molar-refractivity contribution in [3.05, 3.63) is 58.8 Å². The van der Waals surface area contributed by atoms with E-state index in [-0.39, 0.29) is 18.4 Å². The number of aromatic nitrogens is 2. The highest BCUT2D eigenvalue weighted by Crippen LogP contribution is 2.30. The fourth-order valence-corrected chi connectivity index (χ4v) is 5.15. The zero-order valence-corrected chi connectivity index (χ0v) is 21.3. The van der Waals surface area contributed by atoms with Gasteiger partial charge in [-0.1, -0.05) is 6.07 Å². The lowest BCUT2D eigenvalue weighted by Crippen LogP contribution is -2.44. The number of rotatable bonds is 8. The van der Waals surface area contributed by atoms with E-state index in [1.54, 1.807) is 12.0 Å². The highest BCUT2D eigenvalue weighted by Gasteiger charge is 2.30. The molecule has 2 fully saturated rings. The first-order valence-corrected chi connectivity index (χ1v) is 13.3. The van der Waals surface area contributed by atoms with E-state index < -0.39 is 0 Å². The molecule has 1 aliphatic carbocycles. The Balaban J connectivity index is 1.19. The van der Waals surface area contributed by atoms with Gasteiger partial charge < -0.3 is 19.4 Å². The molecule has 0 bridgehead atoms. The summed E-state index contributed by atoms with van der Waals surface area (Å²) in [6.07, 6.45) is 3.12. The number of anilines is 1. The topological polar surface area (TPSA) is 78.9 Å². The molecule has 9 heteroatoms. The average molecular weight is 506 g/mol. The zero-order valence-electron chi connectivity index (χ0n) is 20.5. The van der Waals surface area contributed by atoms with Crippen molar-refractivity contribution in [2.24, 2.45) is 5.92 Å². The van der Waals surface area contributed by atoms with Crippen LogP contribution < -0.4 is 9.64 Å². The molecule has 0 unspecified atom stereocenters. The molecule has 2 aromatic heterocycles. The third kappa shape index (κ3) is 5.84. The van der Waals surface area contributed by atoms with Gasteiger partial charge in [-0.05, 0) is 73.0 Å². The molecule has 5 rings (SSSR count). The Kier molecular flexibility index (Phi) is 7.46. The van der Waals surface area contributed by atoms with E-state index in [0.29, 0.717) is 37.0 Å². The second-order valence-electron chi connectivity index (χ2n) is 9.33. The molecule has 0 spiro atoms. The summed E-state index contributed by atoms with van der Waals surface area (Å²) in [5.74, 6) is 2.13. The van der Waals surface area contributed by atoms with Crippen LogP contribution in [0.4, 0.5) is 5.82 Å². The Bertz CT molecular complexity index is 1160. The van der Waals surface area contributed by atoms with Gasteiger partial charge in [0.25, 0.3) is 5.91 Å². The van der Waals surface area contributed by atoms with Gasteiger partial charge in [0.1, 0.15) is 12.3 Å². The molecule has 36 heavy (non-hydrogen) atoms. The van der Waals surface area contributed by atoms with Crippen LogP contribution in [0.15, 0.2) is 53.9 Å². The van der Waals surface area contributed by atoms with Crippen molar-refractivity contribution in [1.29, 1.82) is 0 Å². The number of benzene rings is 1. The Labute approximate surface area is 215 Å². The van der Waals surface area contributed by atoms with Gasteiger partial charge in [-0.15, -0.1) is 21.5 Å². The summed E-state index contributed by atoms with van der Waals surface area (Å²) in [6, 6.07) is 15.4. The third-order valence-electron chi connectivity index (χ3n) is 6.73. The van der Waals surface area contributed by atoms with Gasteiger partial charge in [0, 0.05) is 38.3 Å². The molecule has 0 N–H and O–H groups in total. The molecule has 2 aliphatic rings. The van der Waals surface area contributed by atoms with E-state index in [1.165, 1.54) is 11.3 Å². The van der Waals surface area contributed by atoms with Gasteiger partial charge in [-0.25, -0.2) is 0 Å². The van der Waals surface area contributed by atoms with E-state index in [0.717, 1.165) is 48.6 Å². The molecule has 1 saturated heterocycles. The number of ether oxygens (including phenoxy) is 1. The molecule has 1 aromatic carbocycles. The minimum absolute atomic E-state index is 0.0170. The number of amides is 2. The van der Waals surface area contributed by atoms with Crippen molar-refractivity contribution in [2.75, 3.05) is 51.3 Å². The normalized spacial score (nSPS) is 15.9. The van der Waals surface area contributed by atoms with Crippen molar-refractivity contribution in [3.63, 3.8) is 0 Å². The predicted octanol–water partition coefficient (Wildman–Crippen LogP) is 3.80. The van der Waals surface area contributed by atoms with Crippen LogP contribution in [0, 0.1) is 5.92 Å². The largest absolute Gasteiger partial charge is 0.497 e. The number of methoxy groups -OCH3 is 1. The van der Waals surface area contributed by atoms with Gasteiger partial charge in [0.05, 0.1) is 17.7 Å². The number of hydrogen-bond acceptors (Lipinski definition) is 7. The second-order valence-corrected chi connectivity index (χ2v) is 10.3. The summed E-state index contributed by atoms with van der Waals surface area (Å²) in [7, 11) is 1.65. The fourth-order valence-electron chi connectivity index (χ4n) is 4.46. The van der Waals surface area contributed by atoms with E-state index in [4.69, 9.17) is 4.74 Å². The average Bonchev–Trinajstić information content (AvgIpc) is 3.64. The first kappa shape index (κ1) is 24.2. The molecule has 3 heterocycles. The van der Waals surface area contributed by atoms with Crippen molar-refractivity contribution >= 4 is 29.0 Å². The summed E-state index contributed by atoms with van der Waals surface area (Å²) in [5, 5.41) is 10.8. The smallest absolute Gasteiger partial charge is 0.264 e. The first-order chi connectivity index (χ1) is 17.6. The Hall–Kier alpha value is -3.46. The number of thiophene rings is 1. The maximum absolute atomic E-state index is 13.2. The van der Waals surface area contributed by atoms with Gasteiger partial charge in [0.2, 0.25) is 5.91 Å². The van der Waals surface area contributed by atoms with Gasteiger partial charge in [0.15, 0.2) is 5.82 Å². The Morgan fingerprint density at radius 3 is 2.53 bits per heavy atom. The zero-order chi connectivity index (χ0) is 24.9. The molecule has 188 valence electrons. The van der Waals surface area contributed by atoms with Crippen molar-refractivity contribution in [3.8, 4) is 17.0 Å². The van der Waals surface area contributed by atoms with E-state index >= 15 is 0 Å². The number of carbonyl (C=O) groups excluding carboxylic acids is 2. The molecule has 3 aromatic rings. The van der Waals surface area contributed by atoms with Crippen molar-refractivity contribution in [2.45, 2.75) is 19.3 Å². The number of hydrogen-bond donors (Lipinski definition) is 0. The Morgan fingerprint density at radius 2 is 1.86 bits per heavy atom. The summed E-state index contributed by atoms with van der Waals surface area (Å²) in [6.45, 7) is 3.58. The highest BCUT2D eigenvalue weighted by molar-refractivity contribution is 7.12. The van der Waals surface area contributed by atoms with Crippen LogP contribution >= 0.6 is 11.3 Å². The highest BCUT2D eigenvalue weighted by atomic mass is 32.1. The number of carbonyl (C=O) groups is 2. The van der Waals surface area contributed by atoms with Crippen LogP contribution in [0.1, 0.15) is 28.9 Å². The summed E-state index contributed by atoms with van der Waals surface area (Å²) in [5.41, 5.74) is 1.79. The van der Waals surface area contributed by atoms with Crippen LogP contribution in [0.3, 0.4) is 0 Å². The summed E-state index contributed by atoms with van der Waals surface area (Å²) in [4.78, 5) is 32.7. The maximum atomic E-state index is 13.2. The minimum Gasteiger partial charge on any atom is -0.497 e. The standard InChI is InChI=1S/C27H31N5O3S/c1-35-22-9-7-21(8-10-22)23-11-12-25(29-28-23)30-13-3-14-31(16-15-30)26(33)19-32(18-20-5-6-20)27(34)24-4-2-17-36-24/h2,4,7-12,17,20H,3,5-6,13-16,18-19H2,1H3. The van der Waals surface area contributed by atoms with Crippen LogP contribution in [-0.4, -0.2) is 78.2 Å². The van der Waals surface area contributed by atoms with Gasteiger partial charge in [-0.2, -0.15) is 0 Å². The lowest BCUT2D eigenvalue weighted by Gasteiger charge is -2.27. The van der Waals surface area contributed by atoms with Crippen LogP contribution in [-0.2, 0) is 4.79 Å². The van der Waals surface area contributed by atoms with Crippen molar-refractivity contribution in [1.82, 2.24) is 20.0 Å². The SMILES string of the molecule is COc1ccc(-c2ccc(N3CCCN(C(=O)CN(CC4CC4)C(=O)c4cccs4)CC3)nn2)cc1. The minimum atomic E-state index is -0.0334. The summed E-state index contributed by atoms with van der Waals surface area (Å²) >= 11 is 1.43. The van der Waals surface area contributed by atoms with Gasteiger partial charge in [-0.3, -0.25) is 9.59 Å². The molecular weight excluding hydrogens is 474 g/mol. The molecule has 1 saturated carbocycles. The van der Waals surface area contributed by atoms with Gasteiger partial charge >= 0.3 is 0 Å². The molecular formula is C27H31N5O3S. The monoisotopic (exact) mass is 505 g/mol. The molecule has 0 radical (unpaired) electrons. The lowest BCUT2D eigenvalue weighted by atomic mass is 10.1. The van der Waals surface area contributed by atoms with Crippen LogP contribution in [0.5, 0.6) is 5.75 Å². The van der Waals surface area contributed by atoms with E-state index in [1.807, 2.05) is 58.8 Å². The third-order valence-corrected chi connectivity index (χ3v) is 7.59. The predicted molar refractivity (Wildman–Crippen MR) is 140 cm³/mol. The number of nitrogens with zero attached hydrogens (tertiary/aromatic N) is 5. The van der Waals surface area contributed by atoms with Crippen LogP contribution in [0.25, 0.3) is 11.3 Å². The molecule has 2 amide bonds. The maximum Gasteiger partial charge on any atom is 0.264 e. The second kappa shape index (κ2) is 11.1. The quantitative estimate of drug-likeness (QED) is 0.463. The van der Waals surface area contributed by atoms with Crippen molar-refractivity contribution < 1.29 is 14.3 Å².